The molecule has 0 amide bonds. The third kappa shape index (κ3) is 2.83. The first-order valence-corrected chi connectivity index (χ1v) is 6.65. The normalized spacial score (nSPS) is 18.4. The number of para-hydroxylation sites is 1. The molecule has 100 valence electrons. The van der Waals surface area contributed by atoms with Gasteiger partial charge in [0.25, 0.3) is 0 Å². The van der Waals surface area contributed by atoms with E-state index in [4.69, 9.17) is 0 Å². The summed E-state index contributed by atoms with van der Waals surface area (Å²) in [6.45, 7) is 1.73. The monoisotopic (exact) mass is 258 g/mol. The first-order chi connectivity index (χ1) is 9.25. The molecule has 1 aromatic heterocycles. The molecule has 1 fully saturated rings. The first-order valence-electron chi connectivity index (χ1n) is 6.65. The van der Waals surface area contributed by atoms with Crippen molar-refractivity contribution < 1.29 is 5.11 Å². The van der Waals surface area contributed by atoms with Gasteiger partial charge in [-0.1, -0.05) is 23.4 Å². The Morgan fingerprint density at radius 2 is 1.95 bits per heavy atom. The molecule has 0 atom stereocenters. The second kappa shape index (κ2) is 5.11. The van der Waals surface area contributed by atoms with Gasteiger partial charge >= 0.3 is 0 Å². The van der Waals surface area contributed by atoms with Gasteiger partial charge in [0, 0.05) is 6.42 Å². The van der Waals surface area contributed by atoms with Gasteiger partial charge in [0.05, 0.1) is 23.2 Å². The smallest absolute Gasteiger partial charge is 0.0860 e. The van der Waals surface area contributed by atoms with Crippen molar-refractivity contribution in [2.24, 2.45) is 0 Å². The molecule has 2 heterocycles. The van der Waals surface area contributed by atoms with Gasteiger partial charge in [0.15, 0.2) is 0 Å². The van der Waals surface area contributed by atoms with E-state index in [1.165, 1.54) is 0 Å². The second-order valence-corrected chi connectivity index (χ2v) is 5.14. The van der Waals surface area contributed by atoms with E-state index >= 15 is 0 Å². The Hall–Kier alpha value is -1.72. The molecular formula is C14H18N4O. The van der Waals surface area contributed by atoms with Crippen LogP contribution in [0.25, 0.3) is 5.69 Å². The molecule has 1 saturated heterocycles. The van der Waals surface area contributed by atoms with E-state index in [9.17, 15) is 5.11 Å². The number of piperidine rings is 1. The van der Waals surface area contributed by atoms with Crippen LogP contribution in [-0.4, -0.2) is 38.8 Å². The number of nitrogens with one attached hydrogen (secondary N) is 1. The van der Waals surface area contributed by atoms with Gasteiger partial charge in [-0.25, -0.2) is 4.68 Å². The molecule has 0 unspecified atom stereocenters. The van der Waals surface area contributed by atoms with Crippen LogP contribution in [0.5, 0.6) is 0 Å². The summed E-state index contributed by atoms with van der Waals surface area (Å²) >= 11 is 0. The average molecular weight is 258 g/mol. The van der Waals surface area contributed by atoms with Crippen molar-refractivity contribution in [3.05, 3.63) is 42.2 Å². The van der Waals surface area contributed by atoms with Crippen LogP contribution < -0.4 is 5.32 Å². The largest absolute Gasteiger partial charge is 0.389 e. The molecule has 0 aliphatic carbocycles. The third-order valence-electron chi connectivity index (χ3n) is 3.61. The molecule has 0 saturated carbocycles. The van der Waals surface area contributed by atoms with Gasteiger partial charge in [0.2, 0.25) is 0 Å². The van der Waals surface area contributed by atoms with Crippen LogP contribution in [0.15, 0.2) is 36.5 Å². The highest BCUT2D eigenvalue weighted by Gasteiger charge is 2.30. The van der Waals surface area contributed by atoms with Crippen molar-refractivity contribution in [1.82, 2.24) is 20.3 Å². The number of hydrogen-bond donors (Lipinski definition) is 2. The van der Waals surface area contributed by atoms with Gasteiger partial charge in [0.1, 0.15) is 0 Å². The van der Waals surface area contributed by atoms with Crippen LogP contribution in [-0.2, 0) is 6.42 Å². The molecule has 1 aromatic carbocycles. The number of aromatic nitrogens is 3. The number of hydrogen-bond acceptors (Lipinski definition) is 4. The quantitative estimate of drug-likeness (QED) is 0.859. The summed E-state index contributed by atoms with van der Waals surface area (Å²) in [7, 11) is 0. The summed E-state index contributed by atoms with van der Waals surface area (Å²) in [5, 5.41) is 22.0. The summed E-state index contributed by atoms with van der Waals surface area (Å²) in [5.74, 6) is 0. The minimum atomic E-state index is -0.636. The molecule has 1 aliphatic rings. The van der Waals surface area contributed by atoms with Crippen molar-refractivity contribution in [3.63, 3.8) is 0 Å². The maximum absolute atomic E-state index is 10.5. The van der Waals surface area contributed by atoms with Gasteiger partial charge in [-0.05, 0) is 38.1 Å². The van der Waals surface area contributed by atoms with Crippen LogP contribution in [0, 0.1) is 0 Å². The maximum atomic E-state index is 10.5. The highest BCUT2D eigenvalue weighted by molar-refractivity contribution is 5.30. The Morgan fingerprint density at radius 1 is 1.21 bits per heavy atom. The van der Waals surface area contributed by atoms with Crippen LogP contribution in [0.4, 0.5) is 0 Å². The highest BCUT2D eigenvalue weighted by atomic mass is 16.3. The van der Waals surface area contributed by atoms with Crippen LogP contribution in [0.2, 0.25) is 0 Å². The second-order valence-electron chi connectivity index (χ2n) is 5.14. The maximum Gasteiger partial charge on any atom is 0.0860 e. The Morgan fingerprint density at radius 3 is 2.68 bits per heavy atom. The summed E-state index contributed by atoms with van der Waals surface area (Å²) in [5.41, 5.74) is 1.19. The summed E-state index contributed by atoms with van der Waals surface area (Å²) in [4.78, 5) is 0. The van der Waals surface area contributed by atoms with Crippen molar-refractivity contribution in [3.8, 4) is 5.69 Å². The summed E-state index contributed by atoms with van der Waals surface area (Å²) < 4.78 is 1.75. The molecule has 3 rings (SSSR count). The van der Waals surface area contributed by atoms with Crippen LogP contribution >= 0.6 is 0 Å². The van der Waals surface area contributed by atoms with E-state index in [0.717, 1.165) is 37.3 Å². The number of rotatable bonds is 3. The molecule has 0 radical (unpaired) electrons. The van der Waals surface area contributed by atoms with Gasteiger partial charge in [-0.3, -0.25) is 0 Å². The molecular weight excluding hydrogens is 240 g/mol. The van der Waals surface area contributed by atoms with E-state index < -0.39 is 5.60 Å². The molecule has 0 bridgehead atoms. The van der Waals surface area contributed by atoms with E-state index in [1.54, 1.807) is 4.68 Å². The molecule has 5 nitrogen and oxygen atoms in total. The summed E-state index contributed by atoms with van der Waals surface area (Å²) in [6.07, 6.45) is 4.01. The zero-order valence-electron chi connectivity index (χ0n) is 10.8. The van der Waals surface area contributed by atoms with E-state index in [-0.39, 0.29) is 0 Å². The fourth-order valence-electron chi connectivity index (χ4n) is 2.49. The van der Waals surface area contributed by atoms with E-state index in [2.05, 4.69) is 15.6 Å². The Kier molecular flexibility index (Phi) is 3.31. The Labute approximate surface area is 112 Å². The van der Waals surface area contributed by atoms with Crippen molar-refractivity contribution in [2.45, 2.75) is 24.9 Å². The van der Waals surface area contributed by atoms with Crippen molar-refractivity contribution >= 4 is 0 Å². The predicted octanol–water partition coefficient (Wildman–Crippen LogP) is 0.924. The lowest BCUT2D eigenvalue weighted by molar-refractivity contribution is 0.01000. The minimum Gasteiger partial charge on any atom is -0.389 e. The highest BCUT2D eigenvalue weighted by Crippen LogP contribution is 2.22. The number of nitrogens with zero attached hydrogens (tertiary/aromatic N) is 3. The number of benzene rings is 1. The molecule has 2 aromatic rings. The Bertz CT molecular complexity index is 531. The number of aliphatic hydroxyl groups is 1. The van der Waals surface area contributed by atoms with Crippen LogP contribution in [0.1, 0.15) is 18.5 Å². The molecule has 5 heteroatoms. The van der Waals surface area contributed by atoms with Gasteiger partial charge in [-0.2, -0.15) is 0 Å². The topological polar surface area (TPSA) is 63.0 Å². The van der Waals surface area contributed by atoms with Crippen LogP contribution in [0.3, 0.4) is 0 Å². The molecule has 1 aliphatic heterocycles. The first kappa shape index (κ1) is 12.3. The lowest BCUT2D eigenvalue weighted by Gasteiger charge is -2.31. The molecule has 19 heavy (non-hydrogen) atoms. The van der Waals surface area contributed by atoms with Crippen molar-refractivity contribution in [1.29, 1.82) is 0 Å². The minimum absolute atomic E-state index is 0.571. The van der Waals surface area contributed by atoms with E-state index in [0.29, 0.717) is 6.42 Å². The average Bonchev–Trinajstić information content (AvgIpc) is 2.88. The van der Waals surface area contributed by atoms with Gasteiger partial charge in [-0.15, -0.1) is 5.10 Å². The lowest BCUT2D eigenvalue weighted by atomic mass is 9.88. The lowest BCUT2D eigenvalue weighted by Crippen LogP contribution is -2.43. The fourth-order valence-corrected chi connectivity index (χ4v) is 2.49. The summed E-state index contributed by atoms with van der Waals surface area (Å²) in [6, 6.07) is 9.88. The van der Waals surface area contributed by atoms with Crippen molar-refractivity contribution in [2.75, 3.05) is 13.1 Å². The molecule has 0 spiro atoms. The molecule has 2 N–H and O–H groups in total. The van der Waals surface area contributed by atoms with E-state index in [1.807, 2.05) is 36.5 Å². The Balaban J connectivity index is 1.75. The SMILES string of the molecule is OC1(Cc2cn(-c3ccccc3)nn2)CCNCC1. The standard InChI is InChI=1S/C14H18N4O/c19-14(6-8-15-9-7-14)10-12-11-18(17-16-12)13-4-2-1-3-5-13/h1-5,11,15,19H,6-10H2. The van der Waals surface area contributed by atoms with Gasteiger partial charge < -0.3 is 10.4 Å². The third-order valence-corrected chi connectivity index (χ3v) is 3.61. The predicted molar refractivity (Wildman–Crippen MR) is 72.1 cm³/mol. The fraction of sp³-hybridized carbons (Fsp3) is 0.429. The zero-order chi connectivity index (χ0) is 13.1. The zero-order valence-corrected chi connectivity index (χ0v) is 10.8.